The molecule has 0 saturated carbocycles. The molecule has 10 aromatic rings. The Bertz CT molecular complexity index is 3020. The first-order valence-corrected chi connectivity index (χ1v) is 17.7. The summed E-state index contributed by atoms with van der Waals surface area (Å²) in [7, 11) is 0. The van der Waals surface area contributed by atoms with Crippen LogP contribution in [0.5, 0.6) is 0 Å². The molecule has 0 amide bonds. The van der Waals surface area contributed by atoms with Crippen LogP contribution in [0.4, 0.5) is 0 Å². The minimum atomic E-state index is 0.175. The van der Waals surface area contributed by atoms with E-state index < -0.39 is 0 Å². The zero-order chi connectivity index (χ0) is 33.5. The maximum Gasteiger partial charge on any atom is 0.143 e. The third kappa shape index (κ3) is 4.25. The molecule has 3 heterocycles. The number of benzene rings is 7. The van der Waals surface area contributed by atoms with Crippen molar-refractivity contribution >= 4 is 71.1 Å². The van der Waals surface area contributed by atoms with Crippen molar-refractivity contribution in [3.05, 3.63) is 182 Å². The fourth-order valence-corrected chi connectivity index (χ4v) is 8.57. The number of allylic oxidation sites excluding steroid dienone is 4. The summed E-state index contributed by atoms with van der Waals surface area (Å²) >= 11 is 0. The summed E-state index contributed by atoms with van der Waals surface area (Å²) in [5, 5.41) is 7.41. The van der Waals surface area contributed by atoms with Gasteiger partial charge in [0.25, 0.3) is 0 Å². The Labute approximate surface area is 294 Å². The van der Waals surface area contributed by atoms with Gasteiger partial charge in [-0.15, -0.1) is 0 Å². The predicted molar refractivity (Wildman–Crippen MR) is 214 cm³/mol. The topological polar surface area (TPSA) is 23.0 Å². The number of rotatable bonds is 4. The molecule has 0 bridgehead atoms. The van der Waals surface area contributed by atoms with Crippen molar-refractivity contribution < 1.29 is 4.42 Å². The van der Waals surface area contributed by atoms with Gasteiger partial charge in [-0.2, -0.15) is 0 Å². The molecule has 0 fully saturated rings. The van der Waals surface area contributed by atoms with Gasteiger partial charge in [-0.3, -0.25) is 0 Å². The lowest BCUT2D eigenvalue weighted by Gasteiger charge is -2.22. The minimum Gasteiger partial charge on any atom is -0.455 e. The predicted octanol–water partition coefficient (Wildman–Crippen LogP) is 13.0. The standard InChI is InChI=1S/C48H32N2O/c1-5-22-43-37(16-1)38-17-2-6-23-44(38)50(43)35-26-27-46-42(30-35)39-18-3-7-24-45(39)49(46)34-15-10-13-32(29-34)31-12-9-14-33(28-31)36-20-11-21-41-40-19-4-8-25-47(40)51-48(36)41/h1-14,16-30,34H,15H2. The van der Waals surface area contributed by atoms with Gasteiger partial charge >= 0.3 is 0 Å². The van der Waals surface area contributed by atoms with Crippen LogP contribution in [-0.4, -0.2) is 9.13 Å². The van der Waals surface area contributed by atoms with Crippen LogP contribution in [0, 0.1) is 0 Å². The van der Waals surface area contributed by atoms with E-state index >= 15 is 0 Å². The van der Waals surface area contributed by atoms with Crippen LogP contribution in [0.15, 0.2) is 180 Å². The molecule has 3 nitrogen and oxygen atoms in total. The van der Waals surface area contributed by atoms with Crippen LogP contribution < -0.4 is 0 Å². The van der Waals surface area contributed by atoms with Crippen LogP contribution in [0.1, 0.15) is 18.0 Å². The summed E-state index contributed by atoms with van der Waals surface area (Å²) < 4.78 is 11.4. The van der Waals surface area contributed by atoms with Gasteiger partial charge in [0.1, 0.15) is 11.2 Å². The zero-order valence-electron chi connectivity index (χ0n) is 27.8. The Kier molecular flexibility index (Phi) is 6.08. The van der Waals surface area contributed by atoms with Gasteiger partial charge in [-0.05, 0) is 71.7 Å². The fraction of sp³-hybridized carbons (Fsp3) is 0.0417. The summed E-state index contributed by atoms with van der Waals surface area (Å²) in [5.41, 5.74) is 12.7. The van der Waals surface area contributed by atoms with Crippen molar-refractivity contribution in [2.75, 3.05) is 0 Å². The molecule has 0 saturated heterocycles. The highest BCUT2D eigenvalue weighted by Gasteiger charge is 2.21. The van der Waals surface area contributed by atoms with E-state index in [1.165, 1.54) is 60.4 Å². The van der Waals surface area contributed by atoms with Gasteiger partial charge in [0.2, 0.25) is 0 Å². The Morgan fingerprint density at radius 1 is 0.490 bits per heavy atom. The third-order valence-corrected chi connectivity index (χ3v) is 10.8. The second-order valence-electron chi connectivity index (χ2n) is 13.6. The summed E-state index contributed by atoms with van der Waals surface area (Å²) in [5.74, 6) is 0. The third-order valence-electron chi connectivity index (χ3n) is 10.8. The molecule has 7 aromatic carbocycles. The van der Waals surface area contributed by atoms with Gasteiger partial charge in [-0.1, -0.05) is 127 Å². The number of hydrogen-bond donors (Lipinski definition) is 0. The minimum absolute atomic E-state index is 0.175. The summed E-state index contributed by atoms with van der Waals surface area (Å²) in [6.45, 7) is 0. The molecule has 240 valence electrons. The largest absolute Gasteiger partial charge is 0.455 e. The number of nitrogens with zero attached hydrogens (tertiary/aromatic N) is 2. The maximum atomic E-state index is 6.41. The van der Waals surface area contributed by atoms with Gasteiger partial charge in [0.05, 0.1) is 17.1 Å². The highest BCUT2D eigenvalue weighted by Crippen LogP contribution is 2.41. The van der Waals surface area contributed by atoms with E-state index in [0.717, 1.165) is 39.5 Å². The van der Waals surface area contributed by atoms with Crippen LogP contribution in [-0.2, 0) is 0 Å². The fourth-order valence-electron chi connectivity index (χ4n) is 8.57. The molecule has 1 aliphatic rings. The molecule has 51 heavy (non-hydrogen) atoms. The summed E-state index contributed by atoms with van der Waals surface area (Å²) in [6, 6.07) is 57.2. The van der Waals surface area contributed by atoms with Gasteiger partial charge in [0, 0.05) is 54.6 Å². The highest BCUT2D eigenvalue weighted by molar-refractivity contribution is 6.12. The highest BCUT2D eigenvalue weighted by atomic mass is 16.3. The SMILES string of the molecule is C1=CC(c2cccc(-c3cccc4c3oc3ccccc34)c2)=CC(n2c3ccccc3c3cc(-n4c5ccccc5c5ccccc54)ccc32)C1. The Morgan fingerprint density at radius 2 is 1.12 bits per heavy atom. The first-order chi connectivity index (χ1) is 25.3. The van der Waals surface area contributed by atoms with Crippen molar-refractivity contribution in [3.63, 3.8) is 0 Å². The van der Waals surface area contributed by atoms with Crippen molar-refractivity contribution in [1.29, 1.82) is 0 Å². The zero-order valence-corrected chi connectivity index (χ0v) is 27.8. The number of hydrogen-bond acceptors (Lipinski definition) is 1. The van der Waals surface area contributed by atoms with E-state index in [9.17, 15) is 0 Å². The van der Waals surface area contributed by atoms with E-state index in [0.29, 0.717) is 0 Å². The van der Waals surface area contributed by atoms with Crippen molar-refractivity contribution in [3.8, 4) is 16.8 Å². The van der Waals surface area contributed by atoms with Crippen LogP contribution in [0.25, 0.3) is 87.9 Å². The normalized spacial score (nSPS) is 14.8. The quantitative estimate of drug-likeness (QED) is 0.186. The number of aromatic nitrogens is 2. The molecule has 1 unspecified atom stereocenters. The van der Waals surface area contributed by atoms with Crippen molar-refractivity contribution in [2.24, 2.45) is 0 Å². The first kappa shape index (κ1) is 28.3. The van der Waals surface area contributed by atoms with E-state index in [4.69, 9.17) is 4.42 Å². The summed E-state index contributed by atoms with van der Waals surface area (Å²) in [4.78, 5) is 0. The molecule has 1 aliphatic carbocycles. The molecule has 3 heteroatoms. The maximum absolute atomic E-state index is 6.41. The monoisotopic (exact) mass is 652 g/mol. The average molecular weight is 653 g/mol. The molecule has 0 spiro atoms. The molecule has 0 N–H and O–H groups in total. The Balaban J connectivity index is 1.04. The lowest BCUT2D eigenvalue weighted by Crippen LogP contribution is -2.08. The van der Waals surface area contributed by atoms with E-state index in [1.54, 1.807) is 0 Å². The van der Waals surface area contributed by atoms with Crippen LogP contribution in [0.2, 0.25) is 0 Å². The van der Waals surface area contributed by atoms with Crippen LogP contribution in [0.3, 0.4) is 0 Å². The number of fused-ring (bicyclic) bond motifs is 9. The number of para-hydroxylation sites is 5. The second kappa shape index (κ2) is 11.0. The number of furan rings is 1. The smallest absolute Gasteiger partial charge is 0.143 e. The molecular weight excluding hydrogens is 621 g/mol. The first-order valence-electron chi connectivity index (χ1n) is 17.7. The Hall–Kier alpha value is -6.58. The van der Waals surface area contributed by atoms with Gasteiger partial charge in [0.15, 0.2) is 0 Å². The summed E-state index contributed by atoms with van der Waals surface area (Å²) in [6.07, 6.45) is 8.00. The van der Waals surface area contributed by atoms with Crippen molar-refractivity contribution in [1.82, 2.24) is 9.13 Å². The van der Waals surface area contributed by atoms with Gasteiger partial charge < -0.3 is 13.6 Å². The van der Waals surface area contributed by atoms with Crippen LogP contribution >= 0.6 is 0 Å². The molecule has 0 radical (unpaired) electrons. The molecular formula is C48H32N2O. The molecule has 11 rings (SSSR count). The molecule has 3 aromatic heterocycles. The van der Waals surface area contributed by atoms with E-state index in [-0.39, 0.29) is 6.04 Å². The lowest BCUT2D eigenvalue weighted by molar-refractivity contribution is 0.650. The molecule has 1 atom stereocenters. The van der Waals surface area contributed by atoms with Gasteiger partial charge in [-0.25, -0.2) is 0 Å². The second-order valence-corrected chi connectivity index (χ2v) is 13.6. The van der Waals surface area contributed by atoms with E-state index in [1.807, 2.05) is 12.1 Å². The average Bonchev–Trinajstić information content (AvgIpc) is 3.86. The molecule has 0 aliphatic heterocycles. The van der Waals surface area contributed by atoms with Crippen molar-refractivity contribution in [2.45, 2.75) is 12.5 Å². The Morgan fingerprint density at radius 3 is 1.92 bits per heavy atom. The lowest BCUT2D eigenvalue weighted by atomic mass is 9.93. The van der Waals surface area contributed by atoms with E-state index in [2.05, 4.69) is 173 Å².